The summed E-state index contributed by atoms with van der Waals surface area (Å²) in [5.74, 6) is 2.48. The van der Waals surface area contributed by atoms with Crippen LogP contribution in [0.25, 0.3) is 11.0 Å². The number of anilines is 1. The Balaban J connectivity index is 1.25. The Morgan fingerprint density at radius 2 is 1.81 bits per heavy atom. The van der Waals surface area contributed by atoms with Gasteiger partial charge in [0, 0.05) is 50.1 Å². The molecule has 4 heterocycles. The van der Waals surface area contributed by atoms with Gasteiger partial charge in [-0.2, -0.15) is 0 Å². The Kier molecular flexibility index (Phi) is 4.49. The third-order valence-electron chi connectivity index (χ3n) is 5.79. The van der Waals surface area contributed by atoms with Crippen molar-refractivity contribution in [3.63, 3.8) is 0 Å². The number of fused-ring (bicyclic) bond motifs is 1. The predicted octanol–water partition coefficient (Wildman–Crippen LogP) is 3.33. The quantitative estimate of drug-likeness (QED) is 0.771. The first kappa shape index (κ1) is 16.7. The number of piperidine rings is 1. The Morgan fingerprint density at radius 1 is 1.00 bits per heavy atom. The molecule has 2 saturated heterocycles. The third kappa shape index (κ3) is 3.54. The number of aromatic nitrogens is 4. The highest BCUT2D eigenvalue weighted by molar-refractivity contribution is 5.74. The van der Waals surface area contributed by atoms with Crippen LogP contribution in [0.4, 0.5) is 5.95 Å². The van der Waals surface area contributed by atoms with Crippen molar-refractivity contribution in [1.29, 1.82) is 0 Å². The fraction of sp³-hybridized carbons (Fsp3) is 0.476. The summed E-state index contributed by atoms with van der Waals surface area (Å²) in [6.45, 7) is 5.25. The molecular formula is C21H26N6. The van der Waals surface area contributed by atoms with Crippen molar-refractivity contribution in [2.45, 2.75) is 38.1 Å². The van der Waals surface area contributed by atoms with Crippen LogP contribution >= 0.6 is 0 Å². The first-order valence-electron chi connectivity index (χ1n) is 10.1. The fourth-order valence-electron chi connectivity index (χ4n) is 4.36. The molecule has 6 nitrogen and oxygen atoms in total. The van der Waals surface area contributed by atoms with Gasteiger partial charge in [0.05, 0.1) is 11.0 Å². The molecule has 0 bridgehead atoms. The van der Waals surface area contributed by atoms with E-state index in [9.17, 15) is 0 Å². The number of imidazole rings is 1. The van der Waals surface area contributed by atoms with Gasteiger partial charge in [-0.05, 0) is 44.4 Å². The van der Waals surface area contributed by atoms with Gasteiger partial charge in [-0.1, -0.05) is 12.1 Å². The maximum absolute atomic E-state index is 4.82. The number of likely N-dealkylation sites (tertiary alicyclic amines) is 1. The molecule has 5 rings (SSSR count). The number of nitrogens with zero attached hydrogens (tertiary/aromatic N) is 5. The monoisotopic (exact) mass is 362 g/mol. The molecule has 1 aromatic carbocycles. The molecule has 0 radical (unpaired) electrons. The zero-order valence-corrected chi connectivity index (χ0v) is 15.6. The van der Waals surface area contributed by atoms with Gasteiger partial charge < -0.3 is 9.88 Å². The van der Waals surface area contributed by atoms with E-state index in [1.54, 1.807) is 0 Å². The zero-order chi connectivity index (χ0) is 18.1. The average molecular weight is 362 g/mol. The molecule has 0 saturated carbocycles. The van der Waals surface area contributed by atoms with Gasteiger partial charge in [-0.25, -0.2) is 15.0 Å². The standard InChI is InChI=1S/C21H26N6/c1-2-8-19-18(7-1)24-20(25-19)17-6-5-9-26(15-17)14-16-12-22-21(23-13-16)27-10-3-4-11-27/h1-2,7-8,12-13,17H,3-6,9-11,14-15H2,(H,24,25)/t17-/m0/s1. The second-order valence-corrected chi connectivity index (χ2v) is 7.80. The normalized spacial score (nSPS) is 21.2. The number of para-hydroxylation sites is 2. The smallest absolute Gasteiger partial charge is 0.225 e. The van der Waals surface area contributed by atoms with Crippen molar-refractivity contribution in [2.75, 3.05) is 31.1 Å². The largest absolute Gasteiger partial charge is 0.342 e. The summed E-state index contributed by atoms with van der Waals surface area (Å²) in [6.07, 6.45) is 8.91. The molecule has 2 aliphatic rings. The maximum Gasteiger partial charge on any atom is 0.225 e. The van der Waals surface area contributed by atoms with Gasteiger partial charge in [0.2, 0.25) is 5.95 Å². The SMILES string of the molecule is c1ccc2[nH]c([C@H]3CCCN(Cc4cnc(N5CCCC5)nc4)C3)nc2c1. The number of benzene rings is 1. The molecular weight excluding hydrogens is 336 g/mol. The van der Waals surface area contributed by atoms with Crippen molar-refractivity contribution >= 4 is 17.0 Å². The molecule has 1 N–H and O–H groups in total. The Labute approximate surface area is 159 Å². The van der Waals surface area contributed by atoms with Crippen molar-refractivity contribution in [2.24, 2.45) is 0 Å². The fourth-order valence-corrected chi connectivity index (χ4v) is 4.36. The lowest BCUT2D eigenvalue weighted by Gasteiger charge is -2.31. The number of rotatable bonds is 4. The van der Waals surface area contributed by atoms with Crippen LogP contribution in [0.1, 0.15) is 43.0 Å². The Morgan fingerprint density at radius 3 is 2.63 bits per heavy atom. The predicted molar refractivity (Wildman–Crippen MR) is 107 cm³/mol. The topological polar surface area (TPSA) is 60.9 Å². The van der Waals surface area contributed by atoms with Crippen LogP contribution in [0.3, 0.4) is 0 Å². The van der Waals surface area contributed by atoms with Gasteiger partial charge in [-0.3, -0.25) is 4.90 Å². The second kappa shape index (κ2) is 7.27. The molecule has 6 heteroatoms. The minimum atomic E-state index is 0.468. The molecule has 0 amide bonds. The minimum Gasteiger partial charge on any atom is -0.342 e. The molecule has 0 aliphatic carbocycles. The molecule has 2 aliphatic heterocycles. The van der Waals surface area contributed by atoms with Crippen LogP contribution < -0.4 is 4.90 Å². The Bertz CT molecular complexity index is 863. The second-order valence-electron chi connectivity index (χ2n) is 7.80. The zero-order valence-electron chi connectivity index (χ0n) is 15.6. The molecule has 0 unspecified atom stereocenters. The van der Waals surface area contributed by atoms with Crippen LogP contribution in [-0.4, -0.2) is 51.0 Å². The number of aromatic amines is 1. The number of hydrogen-bond acceptors (Lipinski definition) is 5. The average Bonchev–Trinajstić information content (AvgIpc) is 3.39. The summed E-state index contributed by atoms with van der Waals surface area (Å²) in [7, 11) is 0. The van der Waals surface area contributed by atoms with Crippen molar-refractivity contribution in [3.05, 3.63) is 48.0 Å². The molecule has 2 fully saturated rings. The van der Waals surface area contributed by atoms with Gasteiger partial charge in [0.1, 0.15) is 5.82 Å². The molecule has 0 spiro atoms. The van der Waals surface area contributed by atoms with Gasteiger partial charge in [-0.15, -0.1) is 0 Å². The summed E-state index contributed by atoms with van der Waals surface area (Å²) in [6, 6.07) is 8.29. The van der Waals surface area contributed by atoms with E-state index >= 15 is 0 Å². The highest BCUT2D eigenvalue weighted by Gasteiger charge is 2.24. The van der Waals surface area contributed by atoms with E-state index in [-0.39, 0.29) is 0 Å². The van der Waals surface area contributed by atoms with Gasteiger partial charge in [0.15, 0.2) is 0 Å². The molecule has 3 aromatic rings. The van der Waals surface area contributed by atoms with E-state index in [2.05, 4.69) is 43.0 Å². The first-order chi connectivity index (χ1) is 13.3. The molecule has 140 valence electrons. The van der Waals surface area contributed by atoms with Crippen LogP contribution in [0.15, 0.2) is 36.7 Å². The summed E-state index contributed by atoms with van der Waals surface area (Å²) >= 11 is 0. The van der Waals surface area contributed by atoms with Crippen molar-refractivity contribution in [3.8, 4) is 0 Å². The van der Waals surface area contributed by atoms with E-state index in [1.807, 2.05) is 18.5 Å². The molecule has 2 aromatic heterocycles. The van der Waals surface area contributed by atoms with Crippen LogP contribution in [0, 0.1) is 0 Å². The van der Waals surface area contributed by atoms with E-state index in [0.29, 0.717) is 5.92 Å². The van der Waals surface area contributed by atoms with E-state index in [0.717, 1.165) is 55.5 Å². The summed E-state index contributed by atoms with van der Waals surface area (Å²) in [4.78, 5) is 22.3. The van der Waals surface area contributed by atoms with E-state index in [4.69, 9.17) is 4.98 Å². The van der Waals surface area contributed by atoms with Crippen LogP contribution in [0.5, 0.6) is 0 Å². The van der Waals surface area contributed by atoms with Crippen LogP contribution in [-0.2, 0) is 6.54 Å². The van der Waals surface area contributed by atoms with Crippen LogP contribution in [0.2, 0.25) is 0 Å². The summed E-state index contributed by atoms with van der Waals surface area (Å²) in [5, 5.41) is 0. The van der Waals surface area contributed by atoms with Gasteiger partial charge >= 0.3 is 0 Å². The van der Waals surface area contributed by atoms with Gasteiger partial charge in [0.25, 0.3) is 0 Å². The first-order valence-corrected chi connectivity index (χ1v) is 10.1. The summed E-state index contributed by atoms with van der Waals surface area (Å²) < 4.78 is 0. The minimum absolute atomic E-state index is 0.468. The van der Waals surface area contributed by atoms with Crippen molar-refractivity contribution < 1.29 is 0 Å². The van der Waals surface area contributed by atoms with Crippen molar-refractivity contribution in [1.82, 2.24) is 24.8 Å². The summed E-state index contributed by atoms with van der Waals surface area (Å²) in [5.41, 5.74) is 3.40. The number of nitrogens with one attached hydrogen (secondary N) is 1. The lowest BCUT2D eigenvalue weighted by Crippen LogP contribution is -2.34. The third-order valence-corrected chi connectivity index (χ3v) is 5.79. The lowest BCUT2D eigenvalue weighted by molar-refractivity contribution is 0.197. The number of H-pyrrole nitrogens is 1. The highest BCUT2D eigenvalue weighted by atomic mass is 15.3. The maximum atomic E-state index is 4.82. The Hall–Kier alpha value is -2.47. The molecule has 27 heavy (non-hydrogen) atoms. The van der Waals surface area contributed by atoms with E-state index in [1.165, 1.54) is 31.2 Å². The highest BCUT2D eigenvalue weighted by Crippen LogP contribution is 2.27. The molecule has 1 atom stereocenters. The number of hydrogen-bond donors (Lipinski definition) is 1. The lowest BCUT2D eigenvalue weighted by atomic mass is 9.97. The van der Waals surface area contributed by atoms with E-state index < -0.39 is 0 Å².